The summed E-state index contributed by atoms with van der Waals surface area (Å²) in [6, 6.07) is 5.29. The Hall–Kier alpha value is -2.67. The third-order valence-electron chi connectivity index (χ3n) is 4.16. The van der Waals surface area contributed by atoms with E-state index >= 15 is 0 Å². The Labute approximate surface area is 140 Å². The Morgan fingerprint density at radius 1 is 1.29 bits per heavy atom. The molecule has 2 heterocycles. The lowest BCUT2D eigenvalue weighted by Crippen LogP contribution is -2.25. The zero-order valence-corrected chi connectivity index (χ0v) is 14.1. The Morgan fingerprint density at radius 2 is 2.08 bits per heavy atom. The predicted molar refractivity (Wildman–Crippen MR) is 91.1 cm³/mol. The van der Waals surface area contributed by atoms with E-state index in [-0.39, 0.29) is 11.8 Å². The van der Waals surface area contributed by atoms with Crippen LogP contribution in [0, 0.1) is 6.92 Å². The maximum absolute atomic E-state index is 12.6. The van der Waals surface area contributed by atoms with E-state index in [4.69, 9.17) is 0 Å². The molecule has 7 nitrogen and oxygen atoms in total. The Kier molecular flexibility index (Phi) is 4.35. The highest BCUT2D eigenvalue weighted by atomic mass is 16.2. The van der Waals surface area contributed by atoms with Gasteiger partial charge in [-0.25, -0.2) is 0 Å². The zero-order valence-electron chi connectivity index (χ0n) is 14.1. The van der Waals surface area contributed by atoms with Crippen molar-refractivity contribution >= 4 is 17.5 Å². The van der Waals surface area contributed by atoms with Gasteiger partial charge in [-0.05, 0) is 24.6 Å². The average molecular weight is 327 g/mol. The lowest BCUT2D eigenvalue weighted by molar-refractivity contribution is 0.0827. The number of amides is 2. The number of hydrogen-bond acceptors (Lipinski definition) is 4. The van der Waals surface area contributed by atoms with E-state index < -0.39 is 0 Å². The summed E-state index contributed by atoms with van der Waals surface area (Å²) in [4.78, 5) is 26.2. The molecule has 24 heavy (non-hydrogen) atoms. The first kappa shape index (κ1) is 16.2. The lowest BCUT2D eigenvalue weighted by Gasteiger charge is -2.15. The Bertz CT molecular complexity index is 794. The number of fused-ring (bicyclic) bond motifs is 1. The number of benzene rings is 1. The molecule has 0 atom stereocenters. The zero-order chi connectivity index (χ0) is 17.3. The Morgan fingerprint density at radius 3 is 2.83 bits per heavy atom. The highest BCUT2D eigenvalue weighted by Crippen LogP contribution is 2.21. The van der Waals surface area contributed by atoms with Crippen molar-refractivity contribution in [1.82, 2.24) is 20.4 Å². The van der Waals surface area contributed by atoms with Gasteiger partial charge in [0, 0.05) is 56.1 Å². The van der Waals surface area contributed by atoms with E-state index in [1.165, 1.54) is 4.90 Å². The van der Waals surface area contributed by atoms with E-state index in [2.05, 4.69) is 20.8 Å². The number of hydrogen-bond donors (Lipinski definition) is 3. The monoisotopic (exact) mass is 327 g/mol. The molecule has 1 aliphatic rings. The molecule has 0 spiro atoms. The number of H-pyrrole nitrogens is 1. The number of carbonyl (C=O) groups excluding carboxylic acids is 2. The molecule has 0 saturated heterocycles. The van der Waals surface area contributed by atoms with Crippen LogP contribution >= 0.6 is 0 Å². The number of rotatable bonds is 3. The van der Waals surface area contributed by atoms with Crippen molar-refractivity contribution in [3.8, 4) is 0 Å². The van der Waals surface area contributed by atoms with E-state index in [9.17, 15) is 9.59 Å². The van der Waals surface area contributed by atoms with Crippen LogP contribution in [0.3, 0.4) is 0 Å². The van der Waals surface area contributed by atoms with Gasteiger partial charge in [0.25, 0.3) is 11.8 Å². The summed E-state index contributed by atoms with van der Waals surface area (Å²) >= 11 is 0. The van der Waals surface area contributed by atoms with Gasteiger partial charge in [-0.2, -0.15) is 5.10 Å². The highest BCUT2D eigenvalue weighted by molar-refractivity contribution is 6.05. The largest absolute Gasteiger partial charge is 0.345 e. The number of nitrogens with one attached hydrogen (secondary N) is 3. The molecule has 0 unspecified atom stereocenters. The maximum atomic E-state index is 12.6. The normalized spacial score (nSPS) is 13.3. The van der Waals surface area contributed by atoms with Crippen LogP contribution in [-0.2, 0) is 13.0 Å². The molecule has 3 N–H and O–H groups in total. The third kappa shape index (κ3) is 3.03. The highest BCUT2D eigenvalue weighted by Gasteiger charge is 2.22. The van der Waals surface area contributed by atoms with Crippen LogP contribution in [0.1, 0.15) is 37.7 Å². The summed E-state index contributed by atoms with van der Waals surface area (Å²) in [7, 11) is 3.40. The molecule has 2 amide bonds. The first-order chi connectivity index (χ1) is 11.5. The minimum Gasteiger partial charge on any atom is -0.345 e. The summed E-state index contributed by atoms with van der Waals surface area (Å²) in [6.45, 7) is 3.40. The van der Waals surface area contributed by atoms with Gasteiger partial charge in [-0.1, -0.05) is 6.07 Å². The quantitative estimate of drug-likeness (QED) is 0.793. The second-order valence-corrected chi connectivity index (χ2v) is 6.14. The molecule has 1 aliphatic heterocycles. The second-order valence-electron chi connectivity index (χ2n) is 6.14. The van der Waals surface area contributed by atoms with Gasteiger partial charge in [0.1, 0.15) is 0 Å². The molecule has 7 heteroatoms. The first-order valence-electron chi connectivity index (χ1n) is 7.88. The molecule has 1 aromatic heterocycles. The number of aryl methyl sites for hydroxylation is 1. The van der Waals surface area contributed by atoms with Crippen LogP contribution in [0.2, 0.25) is 0 Å². The molecule has 0 aliphatic carbocycles. The van der Waals surface area contributed by atoms with Gasteiger partial charge >= 0.3 is 0 Å². The molecule has 0 radical (unpaired) electrons. The van der Waals surface area contributed by atoms with Crippen molar-refractivity contribution in [2.24, 2.45) is 0 Å². The number of carbonyl (C=O) groups is 2. The van der Waals surface area contributed by atoms with E-state index in [0.29, 0.717) is 23.5 Å². The minimum atomic E-state index is -0.270. The van der Waals surface area contributed by atoms with E-state index in [0.717, 1.165) is 29.8 Å². The van der Waals surface area contributed by atoms with Gasteiger partial charge in [0.05, 0.1) is 0 Å². The maximum Gasteiger partial charge on any atom is 0.276 e. The number of anilines is 1. The molecule has 126 valence electrons. The van der Waals surface area contributed by atoms with Crippen molar-refractivity contribution in [2.75, 3.05) is 26.0 Å². The van der Waals surface area contributed by atoms with Crippen LogP contribution in [-0.4, -0.2) is 47.6 Å². The van der Waals surface area contributed by atoms with Crippen LogP contribution in [0.15, 0.2) is 18.2 Å². The van der Waals surface area contributed by atoms with Crippen molar-refractivity contribution < 1.29 is 9.59 Å². The van der Waals surface area contributed by atoms with Crippen LogP contribution in [0.25, 0.3) is 0 Å². The van der Waals surface area contributed by atoms with E-state index in [1.54, 1.807) is 26.2 Å². The molecular formula is C17H21N5O2. The van der Waals surface area contributed by atoms with Crippen LogP contribution in [0.4, 0.5) is 5.69 Å². The molecule has 0 bridgehead atoms. The standard InChI is InChI=1S/C17H21N5O2/c1-10-4-5-11(17(24)22(2)3)8-14(10)19-16(23)15-12-9-18-7-6-13(12)20-21-15/h4-5,8,18H,6-7,9H2,1-3H3,(H,19,23)(H,20,21). The molecule has 0 fully saturated rings. The molecule has 1 aromatic carbocycles. The lowest BCUT2D eigenvalue weighted by atomic mass is 10.1. The molecule has 3 rings (SSSR count). The molecular weight excluding hydrogens is 306 g/mol. The topological polar surface area (TPSA) is 90.1 Å². The predicted octanol–water partition coefficient (Wildman–Crippen LogP) is 1.32. The minimum absolute atomic E-state index is 0.105. The van der Waals surface area contributed by atoms with Gasteiger partial charge in [0.15, 0.2) is 5.69 Å². The summed E-state index contributed by atoms with van der Waals surface area (Å²) in [5.41, 5.74) is 4.37. The third-order valence-corrected chi connectivity index (χ3v) is 4.16. The second kappa shape index (κ2) is 6.45. The van der Waals surface area contributed by atoms with Crippen molar-refractivity contribution in [3.05, 3.63) is 46.3 Å². The first-order valence-corrected chi connectivity index (χ1v) is 7.88. The van der Waals surface area contributed by atoms with Crippen LogP contribution < -0.4 is 10.6 Å². The summed E-state index contributed by atoms with van der Waals surface area (Å²) in [5.74, 6) is -0.374. The van der Waals surface area contributed by atoms with Gasteiger partial charge in [-0.15, -0.1) is 0 Å². The van der Waals surface area contributed by atoms with Gasteiger partial charge in [-0.3, -0.25) is 14.7 Å². The van der Waals surface area contributed by atoms with Crippen molar-refractivity contribution in [2.45, 2.75) is 19.9 Å². The van der Waals surface area contributed by atoms with E-state index in [1.807, 2.05) is 13.0 Å². The fourth-order valence-corrected chi connectivity index (χ4v) is 2.74. The smallest absolute Gasteiger partial charge is 0.276 e. The van der Waals surface area contributed by atoms with Crippen LogP contribution in [0.5, 0.6) is 0 Å². The average Bonchev–Trinajstić information content (AvgIpc) is 3.00. The summed E-state index contributed by atoms with van der Waals surface area (Å²) < 4.78 is 0. The van der Waals surface area contributed by atoms with Gasteiger partial charge in [0.2, 0.25) is 0 Å². The number of nitrogens with zero attached hydrogens (tertiary/aromatic N) is 2. The van der Waals surface area contributed by atoms with Crippen molar-refractivity contribution in [3.63, 3.8) is 0 Å². The molecule has 2 aromatic rings. The number of aromatic nitrogens is 2. The van der Waals surface area contributed by atoms with Crippen molar-refractivity contribution in [1.29, 1.82) is 0 Å². The fraction of sp³-hybridized carbons (Fsp3) is 0.353. The molecule has 0 saturated carbocycles. The van der Waals surface area contributed by atoms with Gasteiger partial charge < -0.3 is 15.5 Å². The SMILES string of the molecule is Cc1ccc(C(=O)N(C)C)cc1NC(=O)c1n[nH]c2c1CNCC2. The fourth-order valence-electron chi connectivity index (χ4n) is 2.74. The Balaban J connectivity index is 1.85. The number of aromatic amines is 1. The summed E-state index contributed by atoms with van der Waals surface area (Å²) in [5, 5.41) is 13.2. The summed E-state index contributed by atoms with van der Waals surface area (Å²) in [6.07, 6.45) is 0.835.